The fourth-order valence-electron chi connectivity index (χ4n) is 1.17. The van der Waals surface area contributed by atoms with Gasteiger partial charge in [-0.05, 0) is 36.6 Å². The maximum absolute atomic E-state index is 10.5. The minimum Gasteiger partial charge on any atom is -0.480 e. The third kappa shape index (κ3) is 3.70. The van der Waals surface area contributed by atoms with Gasteiger partial charge in [-0.1, -0.05) is 23.2 Å². The lowest BCUT2D eigenvalue weighted by atomic mass is 10.1. The van der Waals surface area contributed by atoms with E-state index in [1.165, 1.54) is 0 Å². The predicted molar refractivity (Wildman–Crippen MR) is 60.4 cm³/mol. The molecule has 3 N–H and O–H groups in total. The molecule has 82 valence electrons. The molecule has 1 unspecified atom stereocenters. The number of hydrogen-bond acceptors (Lipinski definition) is 2. The summed E-state index contributed by atoms with van der Waals surface area (Å²) in [5, 5.41) is 9.76. The highest BCUT2D eigenvalue weighted by molar-refractivity contribution is 6.33. The van der Waals surface area contributed by atoms with Gasteiger partial charge in [0.25, 0.3) is 0 Å². The van der Waals surface area contributed by atoms with E-state index >= 15 is 0 Å². The standard InChI is InChI=1S/C10H11Cl2NO2/c11-7-2-3-8(12)6(5-7)1-4-9(13)10(14)15/h2-3,5,9H,1,4,13H2,(H,14,15). The Hall–Kier alpha value is -0.770. The van der Waals surface area contributed by atoms with Crippen molar-refractivity contribution in [3.63, 3.8) is 0 Å². The molecule has 0 saturated carbocycles. The monoisotopic (exact) mass is 247 g/mol. The molecule has 0 heterocycles. The van der Waals surface area contributed by atoms with Crippen LogP contribution in [0.3, 0.4) is 0 Å². The Morgan fingerprint density at radius 2 is 2.13 bits per heavy atom. The first-order valence-corrected chi connectivity index (χ1v) is 5.18. The molecule has 5 heteroatoms. The van der Waals surface area contributed by atoms with Crippen LogP contribution in [0.1, 0.15) is 12.0 Å². The van der Waals surface area contributed by atoms with Crippen LogP contribution in [0.25, 0.3) is 0 Å². The Balaban J connectivity index is 2.65. The fourth-order valence-corrected chi connectivity index (χ4v) is 1.58. The summed E-state index contributed by atoms with van der Waals surface area (Å²) in [6.07, 6.45) is 0.849. The Morgan fingerprint density at radius 1 is 1.47 bits per heavy atom. The number of rotatable bonds is 4. The number of nitrogens with two attached hydrogens (primary N) is 1. The maximum Gasteiger partial charge on any atom is 0.320 e. The molecule has 1 aromatic carbocycles. The average molecular weight is 248 g/mol. The van der Waals surface area contributed by atoms with Crippen LogP contribution in [0.15, 0.2) is 18.2 Å². The molecule has 1 aromatic rings. The first-order chi connectivity index (χ1) is 7.00. The molecule has 1 rings (SSSR count). The fraction of sp³-hybridized carbons (Fsp3) is 0.300. The lowest BCUT2D eigenvalue weighted by Gasteiger charge is -2.07. The molecule has 0 bridgehead atoms. The van der Waals surface area contributed by atoms with E-state index in [9.17, 15) is 4.79 Å². The summed E-state index contributed by atoms with van der Waals surface area (Å²) < 4.78 is 0. The highest BCUT2D eigenvalue weighted by Crippen LogP contribution is 2.22. The van der Waals surface area contributed by atoms with Gasteiger partial charge >= 0.3 is 5.97 Å². The van der Waals surface area contributed by atoms with Crippen LogP contribution < -0.4 is 5.73 Å². The first kappa shape index (κ1) is 12.3. The zero-order valence-electron chi connectivity index (χ0n) is 7.91. The highest BCUT2D eigenvalue weighted by atomic mass is 35.5. The van der Waals surface area contributed by atoms with Gasteiger partial charge in [0.15, 0.2) is 0 Å². The topological polar surface area (TPSA) is 63.3 Å². The average Bonchev–Trinajstić information content (AvgIpc) is 2.18. The number of hydrogen-bond donors (Lipinski definition) is 2. The van der Waals surface area contributed by atoms with E-state index < -0.39 is 12.0 Å². The smallest absolute Gasteiger partial charge is 0.320 e. The van der Waals surface area contributed by atoms with Gasteiger partial charge in [-0.2, -0.15) is 0 Å². The Labute approximate surface area is 97.8 Å². The van der Waals surface area contributed by atoms with Crippen molar-refractivity contribution in [2.45, 2.75) is 18.9 Å². The van der Waals surface area contributed by atoms with Crippen molar-refractivity contribution in [1.82, 2.24) is 0 Å². The second kappa shape index (κ2) is 5.35. The van der Waals surface area contributed by atoms with Crippen molar-refractivity contribution in [1.29, 1.82) is 0 Å². The molecule has 0 aliphatic rings. The van der Waals surface area contributed by atoms with E-state index in [2.05, 4.69) is 0 Å². The molecule has 0 aliphatic carbocycles. The van der Waals surface area contributed by atoms with Crippen molar-refractivity contribution in [3.8, 4) is 0 Å². The van der Waals surface area contributed by atoms with E-state index in [1.54, 1.807) is 18.2 Å². The zero-order valence-corrected chi connectivity index (χ0v) is 9.42. The summed E-state index contributed by atoms with van der Waals surface area (Å²) in [6, 6.07) is 4.23. The van der Waals surface area contributed by atoms with E-state index in [0.717, 1.165) is 5.56 Å². The number of aliphatic carboxylic acids is 1. The lowest BCUT2D eigenvalue weighted by molar-refractivity contribution is -0.138. The molecule has 0 radical (unpaired) electrons. The normalized spacial score (nSPS) is 12.5. The van der Waals surface area contributed by atoms with Crippen LogP contribution in [-0.4, -0.2) is 17.1 Å². The van der Waals surface area contributed by atoms with E-state index in [-0.39, 0.29) is 0 Å². The van der Waals surface area contributed by atoms with Crippen molar-refractivity contribution in [2.24, 2.45) is 5.73 Å². The molecule has 0 saturated heterocycles. The number of aryl methyl sites for hydroxylation is 1. The van der Waals surface area contributed by atoms with E-state index in [0.29, 0.717) is 22.9 Å². The second-order valence-electron chi connectivity index (χ2n) is 3.22. The third-order valence-corrected chi connectivity index (χ3v) is 2.65. The Kier molecular flexibility index (Phi) is 4.39. The van der Waals surface area contributed by atoms with Crippen molar-refractivity contribution >= 4 is 29.2 Å². The van der Waals surface area contributed by atoms with Gasteiger partial charge in [0.05, 0.1) is 0 Å². The molecule has 0 fully saturated rings. The zero-order chi connectivity index (χ0) is 11.4. The minimum absolute atomic E-state index is 0.343. The van der Waals surface area contributed by atoms with Gasteiger partial charge in [-0.15, -0.1) is 0 Å². The predicted octanol–water partition coefficient (Wildman–Crippen LogP) is 2.34. The van der Waals surface area contributed by atoms with Crippen LogP contribution in [-0.2, 0) is 11.2 Å². The Bertz CT molecular complexity index is 368. The number of carboxylic acids is 1. The van der Waals surface area contributed by atoms with Gasteiger partial charge in [-0.25, -0.2) is 0 Å². The molecule has 0 aliphatic heterocycles. The van der Waals surface area contributed by atoms with Crippen LogP contribution in [0.5, 0.6) is 0 Å². The van der Waals surface area contributed by atoms with Crippen LogP contribution >= 0.6 is 23.2 Å². The maximum atomic E-state index is 10.5. The molecular formula is C10H11Cl2NO2. The van der Waals surface area contributed by atoms with E-state index in [4.69, 9.17) is 34.0 Å². The minimum atomic E-state index is -1.01. The second-order valence-corrected chi connectivity index (χ2v) is 4.06. The quantitative estimate of drug-likeness (QED) is 0.859. The molecule has 0 spiro atoms. The van der Waals surface area contributed by atoms with Crippen LogP contribution in [0.2, 0.25) is 10.0 Å². The summed E-state index contributed by atoms with van der Waals surface area (Å²) in [4.78, 5) is 10.5. The van der Waals surface area contributed by atoms with Gasteiger partial charge < -0.3 is 10.8 Å². The van der Waals surface area contributed by atoms with E-state index in [1.807, 2.05) is 0 Å². The summed E-state index contributed by atoms with van der Waals surface area (Å²) >= 11 is 11.7. The summed E-state index contributed by atoms with van der Waals surface area (Å²) in [5.74, 6) is -1.01. The van der Waals surface area contributed by atoms with Crippen LogP contribution in [0.4, 0.5) is 0 Å². The number of benzene rings is 1. The SMILES string of the molecule is NC(CCc1cc(Cl)ccc1Cl)C(=O)O. The van der Waals surface area contributed by atoms with Crippen molar-refractivity contribution < 1.29 is 9.90 Å². The highest BCUT2D eigenvalue weighted by Gasteiger charge is 2.12. The van der Waals surface area contributed by atoms with Gasteiger partial charge in [0.1, 0.15) is 6.04 Å². The summed E-state index contributed by atoms with van der Waals surface area (Å²) in [6.45, 7) is 0. The number of halogens is 2. The molecule has 3 nitrogen and oxygen atoms in total. The van der Waals surface area contributed by atoms with Gasteiger partial charge in [-0.3, -0.25) is 4.79 Å². The summed E-state index contributed by atoms with van der Waals surface area (Å²) in [5.41, 5.74) is 6.20. The van der Waals surface area contributed by atoms with Crippen LogP contribution in [0, 0.1) is 0 Å². The first-order valence-electron chi connectivity index (χ1n) is 4.43. The largest absolute Gasteiger partial charge is 0.480 e. The molecular weight excluding hydrogens is 237 g/mol. The number of carbonyl (C=O) groups is 1. The lowest BCUT2D eigenvalue weighted by Crippen LogP contribution is -2.30. The molecule has 0 aromatic heterocycles. The van der Waals surface area contributed by atoms with Gasteiger partial charge in [0.2, 0.25) is 0 Å². The Morgan fingerprint density at radius 3 is 2.73 bits per heavy atom. The molecule has 1 atom stereocenters. The number of carboxylic acid groups (broad SMARTS) is 1. The molecule has 15 heavy (non-hydrogen) atoms. The summed E-state index contributed by atoms with van der Waals surface area (Å²) in [7, 11) is 0. The van der Waals surface area contributed by atoms with Gasteiger partial charge in [0, 0.05) is 10.0 Å². The van der Waals surface area contributed by atoms with Crippen molar-refractivity contribution in [3.05, 3.63) is 33.8 Å². The third-order valence-electron chi connectivity index (χ3n) is 2.05. The van der Waals surface area contributed by atoms with Crippen molar-refractivity contribution in [2.75, 3.05) is 0 Å². The molecule has 0 amide bonds.